The fourth-order valence-electron chi connectivity index (χ4n) is 2.46. The topological polar surface area (TPSA) is 69.7 Å². The number of hydrogen-bond donors (Lipinski definition) is 0. The maximum Gasteiger partial charge on any atom is 0.306 e. The summed E-state index contributed by atoms with van der Waals surface area (Å²) in [6, 6.07) is 6.63. The lowest BCUT2D eigenvalue weighted by Crippen LogP contribution is -2.16. The monoisotopic (exact) mass is 384 g/mol. The van der Waals surface area contributed by atoms with Gasteiger partial charge in [0.2, 0.25) is 0 Å². The normalized spacial score (nSPS) is 14.0. The van der Waals surface area contributed by atoms with Crippen molar-refractivity contribution in [3.8, 4) is 0 Å². The third-order valence-corrected chi connectivity index (χ3v) is 5.64. The van der Waals surface area contributed by atoms with Gasteiger partial charge in [-0.3, -0.25) is 8.98 Å². The molecule has 1 aromatic rings. The molecule has 0 amide bonds. The first kappa shape index (κ1) is 22.6. The van der Waals surface area contributed by atoms with Gasteiger partial charge in [-0.25, -0.2) is 0 Å². The molecular formula is C20H32O5S. The molecule has 0 aromatic heterocycles. The number of unbranched alkanes of at least 4 members (excludes halogenated alkanes) is 2. The highest BCUT2D eigenvalue weighted by Crippen LogP contribution is 2.16. The molecule has 1 rings (SSSR count). The maximum absolute atomic E-state index is 12.0. The van der Waals surface area contributed by atoms with Gasteiger partial charge in [0.25, 0.3) is 10.1 Å². The molecule has 0 bridgehead atoms. The lowest BCUT2D eigenvalue weighted by Gasteiger charge is -2.14. The van der Waals surface area contributed by atoms with E-state index >= 15 is 0 Å². The molecule has 0 fully saturated rings. The van der Waals surface area contributed by atoms with Crippen LogP contribution >= 0.6 is 0 Å². The second-order valence-corrected chi connectivity index (χ2v) is 8.57. The summed E-state index contributed by atoms with van der Waals surface area (Å²) in [5.74, 6) is 0.128. The molecule has 5 nitrogen and oxygen atoms in total. The molecular weight excluding hydrogens is 352 g/mol. The Balaban J connectivity index is 2.18. The Labute approximate surface area is 158 Å². The second kappa shape index (κ2) is 11.3. The average molecular weight is 385 g/mol. The molecule has 1 aromatic carbocycles. The van der Waals surface area contributed by atoms with Gasteiger partial charge >= 0.3 is 5.97 Å². The molecule has 0 saturated carbocycles. The van der Waals surface area contributed by atoms with Crippen molar-refractivity contribution in [1.29, 1.82) is 0 Å². The number of esters is 1. The lowest BCUT2D eigenvalue weighted by atomic mass is 10.00. The summed E-state index contributed by atoms with van der Waals surface area (Å²) in [7, 11) is -3.67. The van der Waals surface area contributed by atoms with Gasteiger partial charge in [-0.05, 0) is 44.7 Å². The lowest BCUT2D eigenvalue weighted by molar-refractivity contribution is -0.149. The van der Waals surface area contributed by atoms with E-state index in [0.29, 0.717) is 12.8 Å². The van der Waals surface area contributed by atoms with Gasteiger partial charge in [-0.2, -0.15) is 8.42 Å². The molecule has 0 aliphatic heterocycles. The number of aryl methyl sites for hydroxylation is 1. The fourth-order valence-corrected chi connectivity index (χ4v) is 3.40. The Morgan fingerprint density at radius 2 is 1.73 bits per heavy atom. The zero-order valence-electron chi connectivity index (χ0n) is 16.4. The smallest absolute Gasteiger partial charge is 0.306 e. The van der Waals surface area contributed by atoms with Crippen molar-refractivity contribution in [3.05, 3.63) is 29.8 Å². The number of hydrogen-bond acceptors (Lipinski definition) is 5. The van der Waals surface area contributed by atoms with Crippen molar-refractivity contribution < 1.29 is 22.1 Å². The van der Waals surface area contributed by atoms with E-state index < -0.39 is 10.1 Å². The van der Waals surface area contributed by atoms with Crippen LogP contribution in [-0.2, 0) is 23.8 Å². The predicted octanol–water partition coefficient (Wildman–Crippen LogP) is 4.63. The van der Waals surface area contributed by atoms with Crippen LogP contribution < -0.4 is 0 Å². The zero-order chi connectivity index (χ0) is 19.6. The van der Waals surface area contributed by atoms with E-state index in [0.717, 1.165) is 31.2 Å². The largest absolute Gasteiger partial charge is 0.463 e. The summed E-state index contributed by atoms with van der Waals surface area (Å²) in [5, 5.41) is 0. The van der Waals surface area contributed by atoms with Crippen molar-refractivity contribution in [1.82, 2.24) is 0 Å². The number of carbonyl (C=O) groups excluding carboxylic acids is 1. The van der Waals surface area contributed by atoms with Gasteiger partial charge in [0.15, 0.2) is 0 Å². The molecule has 0 radical (unpaired) electrons. The third kappa shape index (κ3) is 8.81. The molecule has 0 N–H and O–H groups in total. The van der Waals surface area contributed by atoms with E-state index in [1.807, 2.05) is 27.7 Å². The first-order valence-electron chi connectivity index (χ1n) is 9.40. The first-order chi connectivity index (χ1) is 12.2. The van der Waals surface area contributed by atoms with E-state index in [1.54, 1.807) is 24.3 Å². The molecule has 0 spiro atoms. The summed E-state index contributed by atoms with van der Waals surface area (Å²) in [6.45, 7) is 8.01. The van der Waals surface area contributed by atoms with E-state index in [4.69, 9.17) is 8.92 Å². The highest BCUT2D eigenvalue weighted by atomic mass is 32.2. The van der Waals surface area contributed by atoms with Crippen LogP contribution in [0.4, 0.5) is 0 Å². The fraction of sp³-hybridized carbons (Fsp3) is 0.650. The summed E-state index contributed by atoms with van der Waals surface area (Å²) in [4.78, 5) is 11.9. The second-order valence-electron chi connectivity index (χ2n) is 6.96. The van der Waals surface area contributed by atoms with Crippen LogP contribution in [0.5, 0.6) is 0 Å². The predicted molar refractivity (Wildman–Crippen MR) is 102 cm³/mol. The molecule has 148 valence electrons. The van der Waals surface area contributed by atoms with Crippen LogP contribution in [0.1, 0.15) is 64.9 Å². The Morgan fingerprint density at radius 3 is 2.35 bits per heavy atom. The Hall–Kier alpha value is -1.40. The van der Waals surface area contributed by atoms with Crippen LogP contribution in [-0.4, -0.2) is 27.1 Å². The standard InChI is InChI=1S/C20H32O5S/c1-5-18(4)25-20(21)15-17(3)9-7-6-8-14-24-26(22,23)19-12-10-16(2)11-13-19/h10-13,17-18H,5-9,14-15H2,1-4H3. The Kier molecular flexibility index (Phi) is 9.88. The van der Waals surface area contributed by atoms with Gasteiger partial charge in [0.05, 0.1) is 17.6 Å². The summed E-state index contributed by atoms with van der Waals surface area (Å²) >= 11 is 0. The highest BCUT2D eigenvalue weighted by molar-refractivity contribution is 7.86. The van der Waals surface area contributed by atoms with Gasteiger partial charge in [0.1, 0.15) is 0 Å². The number of rotatable bonds is 12. The number of benzene rings is 1. The quantitative estimate of drug-likeness (QED) is 0.298. The molecule has 0 aliphatic rings. The Bertz CT molecular complexity index is 637. The van der Waals surface area contributed by atoms with E-state index in [1.165, 1.54) is 0 Å². The minimum absolute atomic E-state index is 0.0256. The minimum atomic E-state index is -3.67. The summed E-state index contributed by atoms with van der Waals surface area (Å²) < 4.78 is 34.4. The number of ether oxygens (including phenoxy) is 1. The zero-order valence-corrected chi connectivity index (χ0v) is 17.2. The van der Waals surface area contributed by atoms with Crippen molar-refractivity contribution in [2.45, 2.75) is 77.2 Å². The summed E-state index contributed by atoms with van der Waals surface area (Å²) in [5.41, 5.74) is 1.01. The van der Waals surface area contributed by atoms with Gasteiger partial charge in [0, 0.05) is 6.42 Å². The molecule has 2 atom stereocenters. The van der Waals surface area contributed by atoms with Crippen molar-refractivity contribution in [3.63, 3.8) is 0 Å². The van der Waals surface area contributed by atoms with Crippen LogP contribution in [0.25, 0.3) is 0 Å². The van der Waals surface area contributed by atoms with Crippen LogP contribution in [0.3, 0.4) is 0 Å². The number of carbonyl (C=O) groups is 1. The van der Waals surface area contributed by atoms with Gasteiger partial charge < -0.3 is 4.74 Å². The third-order valence-electron chi connectivity index (χ3n) is 4.31. The molecule has 6 heteroatoms. The molecule has 0 aliphatic carbocycles. The van der Waals surface area contributed by atoms with Crippen LogP contribution in [0.15, 0.2) is 29.2 Å². The van der Waals surface area contributed by atoms with Crippen molar-refractivity contribution in [2.75, 3.05) is 6.61 Å². The average Bonchev–Trinajstić information content (AvgIpc) is 2.58. The molecule has 0 saturated heterocycles. The highest BCUT2D eigenvalue weighted by Gasteiger charge is 2.15. The van der Waals surface area contributed by atoms with Crippen molar-refractivity contribution in [2.24, 2.45) is 5.92 Å². The van der Waals surface area contributed by atoms with E-state index in [2.05, 4.69) is 0 Å². The summed E-state index contributed by atoms with van der Waals surface area (Å²) in [6.07, 6.45) is 4.63. The van der Waals surface area contributed by atoms with Gasteiger partial charge in [-0.15, -0.1) is 0 Å². The van der Waals surface area contributed by atoms with Crippen LogP contribution in [0, 0.1) is 12.8 Å². The Morgan fingerprint density at radius 1 is 1.08 bits per heavy atom. The molecule has 26 heavy (non-hydrogen) atoms. The van der Waals surface area contributed by atoms with Gasteiger partial charge in [-0.1, -0.05) is 50.8 Å². The SMILES string of the molecule is CCC(C)OC(=O)CC(C)CCCCCOS(=O)(=O)c1ccc(C)cc1. The van der Waals surface area contributed by atoms with E-state index in [-0.39, 0.29) is 29.5 Å². The van der Waals surface area contributed by atoms with Crippen molar-refractivity contribution >= 4 is 16.1 Å². The van der Waals surface area contributed by atoms with E-state index in [9.17, 15) is 13.2 Å². The van der Waals surface area contributed by atoms with Crippen LogP contribution in [0.2, 0.25) is 0 Å². The maximum atomic E-state index is 12.0. The molecule has 2 unspecified atom stereocenters. The minimum Gasteiger partial charge on any atom is -0.463 e. The molecule has 0 heterocycles. The first-order valence-corrected chi connectivity index (χ1v) is 10.8.